The Bertz CT molecular complexity index is 490. The second-order valence-corrected chi connectivity index (χ2v) is 5.60. The maximum absolute atomic E-state index is 9.40. The molecule has 1 aromatic carbocycles. The molecule has 0 amide bonds. The van der Waals surface area contributed by atoms with Gasteiger partial charge in [-0.2, -0.15) is 5.26 Å². The van der Waals surface area contributed by atoms with Crippen LogP contribution in [-0.2, 0) is 6.54 Å². The Kier molecular flexibility index (Phi) is 4.99. The average molecular weight is 272 g/mol. The summed E-state index contributed by atoms with van der Waals surface area (Å²) in [6, 6.07) is 9.18. The highest BCUT2D eigenvalue weighted by molar-refractivity contribution is 5.61. The van der Waals surface area contributed by atoms with Gasteiger partial charge >= 0.3 is 0 Å². The lowest BCUT2D eigenvalue weighted by molar-refractivity contribution is 0.315. The Labute approximate surface area is 122 Å². The van der Waals surface area contributed by atoms with E-state index in [4.69, 9.17) is 0 Å². The Balaban J connectivity index is 2.14. The molecule has 0 bridgehead atoms. The van der Waals surface area contributed by atoms with Crippen LogP contribution in [0, 0.1) is 11.3 Å². The first-order valence-electron chi connectivity index (χ1n) is 7.30. The lowest BCUT2D eigenvalue weighted by Gasteiger charge is -2.23. The van der Waals surface area contributed by atoms with Crippen LogP contribution in [-0.4, -0.2) is 44.7 Å². The summed E-state index contributed by atoms with van der Waals surface area (Å²) in [6.45, 7) is 5.90. The summed E-state index contributed by atoms with van der Waals surface area (Å²) in [5.41, 5.74) is 3.05. The van der Waals surface area contributed by atoms with Gasteiger partial charge in [0.2, 0.25) is 0 Å². The number of rotatable bonds is 5. The van der Waals surface area contributed by atoms with E-state index in [2.05, 4.69) is 54.3 Å². The van der Waals surface area contributed by atoms with Crippen molar-refractivity contribution >= 4 is 5.69 Å². The Morgan fingerprint density at radius 2 is 2.25 bits per heavy atom. The van der Waals surface area contributed by atoms with Crippen LogP contribution in [0.1, 0.15) is 24.5 Å². The molecule has 0 radical (unpaired) electrons. The molecular formula is C16H24N4. The van der Waals surface area contributed by atoms with E-state index < -0.39 is 0 Å². The van der Waals surface area contributed by atoms with Gasteiger partial charge in [-0.15, -0.1) is 0 Å². The number of nitriles is 1. The maximum Gasteiger partial charge on any atom is 0.101 e. The fraction of sp³-hybridized carbons (Fsp3) is 0.562. The molecule has 1 aromatic rings. The Morgan fingerprint density at radius 3 is 2.85 bits per heavy atom. The summed E-state index contributed by atoms with van der Waals surface area (Å²) in [4.78, 5) is 4.60. The highest BCUT2D eigenvalue weighted by atomic mass is 15.2. The van der Waals surface area contributed by atoms with Crippen molar-refractivity contribution in [2.24, 2.45) is 0 Å². The van der Waals surface area contributed by atoms with E-state index in [9.17, 15) is 5.26 Å². The minimum atomic E-state index is 0.586. The van der Waals surface area contributed by atoms with Gasteiger partial charge in [-0.3, -0.25) is 0 Å². The van der Waals surface area contributed by atoms with Crippen LogP contribution in [0.25, 0.3) is 0 Å². The highest BCUT2D eigenvalue weighted by Gasteiger charge is 2.25. The summed E-state index contributed by atoms with van der Waals surface area (Å²) in [7, 11) is 4.25. The van der Waals surface area contributed by atoms with Gasteiger partial charge in [-0.05, 0) is 44.8 Å². The Morgan fingerprint density at radius 1 is 1.45 bits per heavy atom. The van der Waals surface area contributed by atoms with Crippen molar-refractivity contribution in [2.45, 2.75) is 25.9 Å². The van der Waals surface area contributed by atoms with Crippen LogP contribution in [0.2, 0.25) is 0 Å². The molecule has 108 valence electrons. The van der Waals surface area contributed by atoms with Crippen LogP contribution >= 0.6 is 0 Å². The molecule has 0 saturated carbocycles. The zero-order valence-corrected chi connectivity index (χ0v) is 12.7. The third kappa shape index (κ3) is 3.30. The van der Waals surface area contributed by atoms with Gasteiger partial charge in [0.05, 0.1) is 11.3 Å². The van der Waals surface area contributed by atoms with E-state index in [-0.39, 0.29) is 0 Å². The predicted molar refractivity (Wildman–Crippen MR) is 82.8 cm³/mol. The lowest BCUT2D eigenvalue weighted by atomic mass is 10.1. The third-order valence-electron chi connectivity index (χ3n) is 3.99. The molecule has 1 atom stereocenters. The Hall–Kier alpha value is -1.57. The van der Waals surface area contributed by atoms with Crippen LogP contribution in [0.3, 0.4) is 0 Å². The lowest BCUT2D eigenvalue weighted by Crippen LogP contribution is -2.31. The van der Waals surface area contributed by atoms with Crippen molar-refractivity contribution in [1.82, 2.24) is 10.2 Å². The quantitative estimate of drug-likeness (QED) is 0.887. The smallest absolute Gasteiger partial charge is 0.101 e. The average Bonchev–Trinajstić information content (AvgIpc) is 2.94. The minimum absolute atomic E-state index is 0.586. The van der Waals surface area contributed by atoms with Crippen molar-refractivity contribution < 1.29 is 0 Å². The molecule has 0 aliphatic carbocycles. The minimum Gasteiger partial charge on any atom is -0.369 e. The van der Waals surface area contributed by atoms with Crippen molar-refractivity contribution in [3.63, 3.8) is 0 Å². The molecule has 4 heteroatoms. The molecule has 1 heterocycles. The molecule has 0 aromatic heterocycles. The number of nitrogens with zero attached hydrogens (tertiary/aromatic N) is 3. The normalized spacial score (nSPS) is 18.6. The first-order valence-corrected chi connectivity index (χ1v) is 7.30. The first-order chi connectivity index (χ1) is 9.65. The van der Waals surface area contributed by atoms with Crippen LogP contribution < -0.4 is 10.2 Å². The van der Waals surface area contributed by atoms with Gasteiger partial charge in [0, 0.05) is 25.7 Å². The number of benzene rings is 1. The second-order valence-electron chi connectivity index (χ2n) is 5.60. The van der Waals surface area contributed by atoms with Gasteiger partial charge < -0.3 is 15.1 Å². The topological polar surface area (TPSA) is 42.3 Å². The van der Waals surface area contributed by atoms with E-state index in [1.54, 1.807) is 0 Å². The van der Waals surface area contributed by atoms with E-state index in [1.165, 1.54) is 5.56 Å². The third-order valence-corrected chi connectivity index (χ3v) is 3.99. The molecule has 1 unspecified atom stereocenters. The molecule has 1 N–H and O–H groups in total. The summed E-state index contributed by atoms with van der Waals surface area (Å²) in [5.74, 6) is 0. The van der Waals surface area contributed by atoms with E-state index in [0.717, 1.165) is 43.9 Å². The number of anilines is 1. The number of hydrogen-bond acceptors (Lipinski definition) is 4. The number of likely N-dealkylation sites (N-methyl/N-ethyl adjacent to an activating group) is 1. The molecule has 1 fully saturated rings. The number of nitrogens with one attached hydrogen (secondary N) is 1. The van der Waals surface area contributed by atoms with Crippen LogP contribution in [0.5, 0.6) is 0 Å². The summed E-state index contributed by atoms with van der Waals surface area (Å²) < 4.78 is 0. The summed E-state index contributed by atoms with van der Waals surface area (Å²) in [6.07, 6.45) is 1.16. The van der Waals surface area contributed by atoms with Gasteiger partial charge in [-0.1, -0.05) is 13.0 Å². The fourth-order valence-electron chi connectivity index (χ4n) is 2.71. The van der Waals surface area contributed by atoms with E-state index in [1.807, 2.05) is 6.07 Å². The van der Waals surface area contributed by atoms with Crippen molar-refractivity contribution in [1.29, 1.82) is 5.26 Å². The largest absolute Gasteiger partial charge is 0.369 e. The molecule has 20 heavy (non-hydrogen) atoms. The molecule has 1 aliphatic rings. The fourth-order valence-corrected chi connectivity index (χ4v) is 2.71. The van der Waals surface area contributed by atoms with Gasteiger partial charge in [0.1, 0.15) is 6.07 Å². The number of hydrogen-bond donors (Lipinski definition) is 1. The van der Waals surface area contributed by atoms with Crippen LogP contribution in [0.4, 0.5) is 5.69 Å². The van der Waals surface area contributed by atoms with Crippen molar-refractivity contribution in [3.05, 3.63) is 29.3 Å². The molecule has 4 nitrogen and oxygen atoms in total. The van der Waals surface area contributed by atoms with Gasteiger partial charge in [-0.25, -0.2) is 0 Å². The van der Waals surface area contributed by atoms with E-state index in [0.29, 0.717) is 6.04 Å². The molecule has 1 saturated heterocycles. The second kappa shape index (κ2) is 6.74. The van der Waals surface area contributed by atoms with Gasteiger partial charge in [0.25, 0.3) is 0 Å². The summed E-state index contributed by atoms with van der Waals surface area (Å²) >= 11 is 0. The van der Waals surface area contributed by atoms with E-state index >= 15 is 0 Å². The highest BCUT2D eigenvalue weighted by Crippen LogP contribution is 2.26. The summed E-state index contributed by atoms with van der Waals surface area (Å²) in [5, 5.41) is 12.7. The maximum atomic E-state index is 9.40. The molecule has 2 rings (SSSR count). The SMILES string of the molecule is CCNCc1ccc(N2CCC(N(C)C)C2)c(C#N)c1. The standard InChI is InChI=1S/C16H24N4/c1-4-18-11-13-5-6-16(14(9-13)10-17)20-8-7-15(12-20)19(2)3/h5-6,9,15,18H,4,7-8,11-12H2,1-3H3. The van der Waals surface area contributed by atoms with Crippen molar-refractivity contribution in [2.75, 3.05) is 38.6 Å². The predicted octanol–water partition coefficient (Wildman–Crippen LogP) is 1.81. The van der Waals surface area contributed by atoms with Crippen molar-refractivity contribution in [3.8, 4) is 6.07 Å². The monoisotopic (exact) mass is 272 g/mol. The first kappa shape index (κ1) is 14.8. The molecular weight excluding hydrogens is 248 g/mol. The van der Waals surface area contributed by atoms with Gasteiger partial charge in [0.15, 0.2) is 0 Å². The zero-order valence-electron chi connectivity index (χ0n) is 12.7. The zero-order chi connectivity index (χ0) is 14.5. The molecule has 1 aliphatic heterocycles. The van der Waals surface area contributed by atoms with Crippen LogP contribution in [0.15, 0.2) is 18.2 Å². The molecule has 0 spiro atoms.